The van der Waals surface area contributed by atoms with Crippen LogP contribution in [0.15, 0.2) is 0 Å². The molecule has 0 saturated heterocycles. The molecule has 0 aromatic carbocycles. The molecule has 2 fully saturated rings. The fourth-order valence-electron chi connectivity index (χ4n) is 2.59. The van der Waals surface area contributed by atoms with Crippen molar-refractivity contribution in [3.63, 3.8) is 0 Å². The van der Waals surface area contributed by atoms with Gasteiger partial charge in [-0.25, -0.2) is 0 Å². The van der Waals surface area contributed by atoms with Crippen molar-refractivity contribution in [2.75, 3.05) is 13.1 Å². The number of rotatable bonds is 5. The van der Waals surface area contributed by atoms with Gasteiger partial charge in [-0.1, -0.05) is 32.1 Å². The maximum Gasteiger partial charge on any atom is 0.0703 e. The highest BCUT2D eigenvalue weighted by molar-refractivity contribution is 5.10. The van der Waals surface area contributed by atoms with Crippen molar-refractivity contribution < 1.29 is 0 Å². The Hall–Kier alpha value is -0.550. The summed E-state index contributed by atoms with van der Waals surface area (Å²) in [6.45, 7) is 2.05. The summed E-state index contributed by atoms with van der Waals surface area (Å²) in [5.74, 6) is 0.962. The zero-order valence-electron chi connectivity index (χ0n) is 9.60. The second-order valence-electron chi connectivity index (χ2n) is 5.36. The number of hydrogen-bond donors (Lipinski definition) is 1. The molecule has 0 heterocycles. The summed E-state index contributed by atoms with van der Waals surface area (Å²) in [5.41, 5.74) is 0.0343. The Morgan fingerprint density at radius 3 is 2.53 bits per heavy atom. The molecule has 15 heavy (non-hydrogen) atoms. The topological polar surface area (TPSA) is 35.8 Å². The molecule has 0 atom stereocenters. The monoisotopic (exact) mass is 206 g/mol. The molecule has 2 heteroatoms. The Morgan fingerprint density at radius 1 is 1.20 bits per heavy atom. The van der Waals surface area contributed by atoms with Gasteiger partial charge in [-0.15, -0.1) is 0 Å². The minimum Gasteiger partial charge on any atom is -0.315 e. The third kappa shape index (κ3) is 3.21. The van der Waals surface area contributed by atoms with Crippen LogP contribution in [0.4, 0.5) is 0 Å². The van der Waals surface area contributed by atoms with Gasteiger partial charge in [0, 0.05) is 6.54 Å². The molecular weight excluding hydrogens is 184 g/mol. The van der Waals surface area contributed by atoms with Crippen molar-refractivity contribution in [2.24, 2.45) is 11.3 Å². The lowest BCUT2D eigenvalue weighted by Gasteiger charge is -2.21. The Balaban J connectivity index is 1.53. The fourth-order valence-corrected chi connectivity index (χ4v) is 2.59. The summed E-state index contributed by atoms with van der Waals surface area (Å²) >= 11 is 0. The normalized spacial score (nSPS) is 24.7. The van der Waals surface area contributed by atoms with Crippen LogP contribution in [0.25, 0.3) is 0 Å². The molecule has 0 bridgehead atoms. The van der Waals surface area contributed by atoms with Crippen molar-refractivity contribution in [1.29, 1.82) is 5.26 Å². The van der Waals surface area contributed by atoms with Crippen molar-refractivity contribution >= 4 is 0 Å². The molecule has 0 spiro atoms. The number of nitrogens with one attached hydrogen (secondary N) is 1. The van der Waals surface area contributed by atoms with Gasteiger partial charge in [-0.05, 0) is 31.7 Å². The molecule has 2 nitrogen and oxygen atoms in total. The first kappa shape index (κ1) is 11.0. The second kappa shape index (κ2) is 4.99. The first-order chi connectivity index (χ1) is 7.35. The summed E-state index contributed by atoms with van der Waals surface area (Å²) in [5, 5.41) is 12.4. The van der Waals surface area contributed by atoms with Crippen LogP contribution in [0.2, 0.25) is 0 Å². The first-order valence-electron chi connectivity index (χ1n) is 6.47. The molecule has 0 aromatic heterocycles. The number of hydrogen-bond acceptors (Lipinski definition) is 2. The van der Waals surface area contributed by atoms with Crippen molar-refractivity contribution in [3.05, 3.63) is 0 Å². The predicted molar refractivity (Wildman–Crippen MR) is 61.3 cm³/mol. The largest absolute Gasteiger partial charge is 0.315 e. The van der Waals surface area contributed by atoms with E-state index in [9.17, 15) is 0 Å². The van der Waals surface area contributed by atoms with Gasteiger partial charge in [0.15, 0.2) is 0 Å². The van der Waals surface area contributed by atoms with Crippen LogP contribution in [0.5, 0.6) is 0 Å². The average Bonchev–Trinajstić information content (AvgIpc) is 3.07. The third-order valence-electron chi connectivity index (χ3n) is 4.01. The maximum absolute atomic E-state index is 8.91. The van der Waals surface area contributed by atoms with Crippen LogP contribution in [-0.4, -0.2) is 13.1 Å². The van der Waals surface area contributed by atoms with E-state index in [-0.39, 0.29) is 5.41 Å². The van der Waals surface area contributed by atoms with Gasteiger partial charge in [-0.2, -0.15) is 5.26 Å². The SMILES string of the molecule is N#CC1(CNCCC2CCCCC2)CC1. The van der Waals surface area contributed by atoms with Gasteiger partial charge in [0.05, 0.1) is 11.5 Å². The smallest absolute Gasteiger partial charge is 0.0703 e. The summed E-state index contributed by atoms with van der Waals surface area (Å²) in [7, 11) is 0. The van der Waals surface area contributed by atoms with Gasteiger partial charge >= 0.3 is 0 Å². The number of nitriles is 1. The molecule has 2 rings (SSSR count). The van der Waals surface area contributed by atoms with Crippen molar-refractivity contribution in [3.8, 4) is 6.07 Å². The molecule has 1 N–H and O–H groups in total. The molecule has 0 aliphatic heterocycles. The highest BCUT2D eigenvalue weighted by atomic mass is 14.9. The van der Waals surface area contributed by atoms with Gasteiger partial charge in [0.25, 0.3) is 0 Å². The van der Waals surface area contributed by atoms with E-state index in [2.05, 4.69) is 11.4 Å². The van der Waals surface area contributed by atoms with Crippen LogP contribution in [0.3, 0.4) is 0 Å². The standard InChI is InChI=1S/C13H22N2/c14-10-13(7-8-13)11-15-9-6-12-4-2-1-3-5-12/h12,15H,1-9,11H2. The maximum atomic E-state index is 8.91. The van der Waals surface area contributed by atoms with E-state index in [1.54, 1.807) is 0 Å². The lowest BCUT2D eigenvalue weighted by atomic mass is 9.87. The minimum absolute atomic E-state index is 0.0343. The Labute approximate surface area is 93.0 Å². The Kier molecular flexibility index (Phi) is 3.64. The molecule has 0 amide bonds. The summed E-state index contributed by atoms with van der Waals surface area (Å²) in [6.07, 6.45) is 10.7. The van der Waals surface area contributed by atoms with Crippen LogP contribution >= 0.6 is 0 Å². The molecule has 2 aliphatic carbocycles. The summed E-state index contributed by atoms with van der Waals surface area (Å²) in [4.78, 5) is 0. The molecule has 0 unspecified atom stereocenters. The lowest BCUT2D eigenvalue weighted by molar-refractivity contribution is 0.331. The molecule has 84 valence electrons. The highest BCUT2D eigenvalue weighted by Crippen LogP contribution is 2.44. The molecule has 0 aromatic rings. The van der Waals surface area contributed by atoms with E-state index in [1.165, 1.54) is 38.5 Å². The molecule has 2 aliphatic rings. The van der Waals surface area contributed by atoms with E-state index >= 15 is 0 Å². The third-order valence-corrected chi connectivity index (χ3v) is 4.01. The number of nitrogens with zero attached hydrogens (tertiary/aromatic N) is 1. The molecular formula is C13H22N2. The van der Waals surface area contributed by atoms with Crippen LogP contribution in [-0.2, 0) is 0 Å². The van der Waals surface area contributed by atoms with Gasteiger partial charge in [0.2, 0.25) is 0 Å². The minimum atomic E-state index is 0.0343. The van der Waals surface area contributed by atoms with E-state index in [0.717, 1.165) is 31.8 Å². The molecule has 0 radical (unpaired) electrons. The molecule has 2 saturated carbocycles. The first-order valence-corrected chi connectivity index (χ1v) is 6.47. The quantitative estimate of drug-likeness (QED) is 0.702. The summed E-state index contributed by atoms with van der Waals surface area (Å²) in [6, 6.07) is 2.43. The van der Waals surface area contributed by atoms with Crippen LogP contribution in [0, 0.1) is 22.7 Å². The lowest BCUT2D eigenvalue weighted by Crippen LogP contribution is -2.25. The van der Waals surface area contributed by atoms with Crippen molar-refractivity contribution in [2.45, 2.75) is 51.4 Å². The Morgan fingerprint density at radius 2 is 1.93 bits per heavy atom. The van der Waals surface area contributed by atoms with E-state index in [1.807, 2.05) is 0 Å². The van der Waals surface area contributed by atoms with E-state index in [4.69, 9.17) is 5.26 Å². The second-order valence-corrected chi connectivity index (χ2v) is 5.36. The van der Waals surface area contributed by atoms with Crippen LogP contribution < -0.4 is 5.32 Å². The van der Waals surface area contributed by atoms with Gasteiger partial charge < -0.3 is 5.32 Å². The van der Waals surface area contributed by atoms with Crippen molar-refractivity contribution in [1.82, 2.24) is 5.32 Å². The van der Waals surface area contributed by atoms with Crippen LogP contribution in [0.1, 0.15) is 51.4 Å². The summed E-state index contributed by atoms with van der Waals surface area (Å²) < 4.78 is 0. The Bertz CT molecular complexity index is 231. The van der Waals surface area contributed by atoms with E-state index < -0.39 is 0 Å². The van der Waals surface area contributed by atoms with Gasteiger partial charge in [-0.3, -0.25) is 0 Å². The average molecular weight is 206 g/mol. The highest BCUT2D eigenvalue weighted by Gasteiger charge is 2.42. The fraction of sp³-hybridized carbons (Fsp3) is 0.923. The van der Waals surface area contributed by atoms with E-state index in [0.29, 0.717) is 0 Å². The predicted octanol–water partition coefficient (Wildman–Crippen LogP) is 2.85. The zero-order chi connectivity index (χ0) is 10.6. The zero-order valence-corrected chi connectivity index (χ0v) is 9.60. The van der Waals surface area contributed by atoms with Gasteiger partial charge in [0.1, 0.15) is 0 Å².